The van der Waals surface area contributed by atoms with Crippen molar-refractivity contribution in [2.24, 2.45) is 0 Å². The first-order valence-electron chi connectivity index (χ1n) is 6.56. The Morgan fingerprint density at radius 3 is 2.58 bits per heavy atom. The zero-order valence-corrected chi connectivity index (χ0v) is 12.1. The van der Waals surface area contributed by atoms with Crippen LogP contribution in [0, 0.1) is 0 Å². The maximum atomic E-state index is 11.6. The summed E-state index contributed by atoms with van der Waals surface area (Å²) in [6.07, 6.45) is 1.82. The molecule has 0 unspecified atom stereocenters. The van der Waals surface area contributed by atoms with E-state index in [0.29, 0.717) is 5.82 Å². The number of aromatic nitrogens is 2. The number of rotatable bonds is 5. The first-order chi connectivity index (χ1) is 9.22. The van der Waals surface area contributed by atoms with Crippen molar-refractivity contribution >= 4 is 11.8 Å². The van der Waals surface area contributed by atoms with Gasteiger partial charge in [-0.05, 0) is 24.3 Å². The zero-order chi connectivity index (χ0) is 13.7. The molecule has 100 valence electrons. The van der Waals surface area contributed by atoms with Gasteiger partial charge in [-0.2, -0.15) is 0 Å². The van der Waals surface area contributed by atoms with E-state index in [9.17, 15) is 4.79 Å². The smallest absolute Gasteiger partial charge is 0.251 e. The van der Waals surface area contributed by atoms with E-state index in [4.69, 9.17) is 0 Å². The van der Waals surface area contributed by atoms with Gasteiger partial charge in [0.25, 0.3) is 5.56 Å². The molecule has 4 heteroatoms. The SMILES string of the molecule is CCCc1cc(=O)[nH]c(-c2ccc(SCC)cc2)n1. The number of benzene rings is 1. The van der Waals surface area contributed by atoms with Crippen LogP contribution in [0.15, 0.2) is 40.0 Å². The first kappa shape index (κ1) is 13.9. The molecule has 0 aliphatic carbocycles. The Bertz CT molecular complexity index is 590. The fourth-order valence-corrected chi connectivity index (χ4v) is 2.57. The number of nitrogens with zero attached hydrogens (tertiary/aromatic N) is 1. The monoisotopic (exact) mass is 274 g/mol. The molecule has 3 nitrogen and oxygen atoms in total. The van der Waals surface area contributed by atoms with Crippen molar-refractivity contribution in [2.75, 3.05) is 5.75 Å². The molecule has 1 aromatic heterocycles. The Kier molecular flexibility index (Phi) is 4.80. The number of H-pyrrole nitrogens is 1. The molecule has 0 radical (unpaired) electrons. The highest BCUT2D eigenvalue weighted by Crippen LogP contribution is 2.21. The summed E-state index contributed by atoms with van der Waals surface area (Å²) in [4.78, 5) is 20.2. The lowest BCUT2D eigenvalue weighted by atomic mass is 10.2. The van der Waals surface area contributed by atoms with Crippen molar-refractivity contribution in [1.29, 1.82) is 0 Å². The van der Waals surface area contributed by atoms with Crippen LogP contribution < -0.4 is 5.56 Å². The van der Waals surface area contributed by atoms with Crippen LogP contribution in [0.5, 0.6) is 0 Å². The van der Waals surface area contributed by atoms with E-state index in [2.05, 4.69) is 35.9 Å². The molecule has 1 heterocycles. The number of hydrogen-bond donors (Lipinski definition) is 1. The summed E-state index contributed by atoms with van der Waals surface area (Å²) in [5.74, 6) is 1.71. The molecule has 1 aromatic carbocycles. The molecule has 0 aliphatic rings. The Hall–Kier alpha value is -1.55. The third-order valence-electron chi connectivity index (χ3n) is 2.74. The number of aryl methyl sites for hydroxylation is 1. The van der Waals surface area contributed by atoms with Gasteiger partial charge in [-0.15, -0.1) is 11.8 Å². The molecule has 0 bridgehead atoms. The van der Waals surface area contributed by atoms with Gasteiger partial charge in [-0.25, -0.2) is 4.98 Å². The fraction of sp³-hybridized carbons (Fsp3) is 0.333. The summed E-state index contributed by atoms with van der Waals surface area (Å²) in [6.45, 7) is 4.21. The molecule has 19 heavy (non-hydrogen) atoms. The molecular weight excluding hydrogens is 256 g/mol. The highest BCUT2D eigenvalue weighted by molar-refractivity contribution is 7.99. The van der Waals surface area contributed by atoms with Gasteiger partial charge < -0.3 is 4.98 Å². The molecule has 0 amide bonds. The highest BCUT2D eigenvalue weighted by atomic mass is 32.2. The van der Waals surface area contributed by atoms with E-state index in [0.717, 1.165) is 29.9 Å². The number of thioether (sulfide) groups is 1. The fourth-order valence-electron chi connectivity index (χ4n) is 1.90. The maximum Gasteiger partial charge on any atom is 0.251 e. The molecule has 0 fully saturated rings. The lowest BCUT2D eigenvalue weighted by molar-refractivity contribution is 0.870. The van der Waals surface area contributed by atoms with Gasteiger partial charge in [0, 0.05) is 22.2 Å². The van der Waals surface area contributed by atoms with Crippen LogP contribution in [0.1, 0.15) is 26.0 Å². The van der Waals surface area contributed by atoms with Crippen molar-refractivity contribution in [1.82, 2.24) is 9.97 Å². The molecule has 0 atom stereocenters. The standard InChI is InChI=1S/C15H18N2OS/c1-3-5-12-10-14(18)17-15(16-12)11-6-8-13(9-7-11)19-4-2/h6-10H,3-5H2,1-2H3,(H,16,17,18). The second kappa shape index (κ2) is 6.57. The lowest BCUT2D eigenvalue weighted by Gasteiger charge is -2.05. The van der Waals surface area contributed by atoms with Gasteiger partial charge in [0.05, 0.1) is 0 Å². The molecular formula is C15H18N2OS. The van der Waals surface area contributed by atoms with E-state index in [1.165, 1.54) is 4.90 Å². The molecule has 2 rings (SSSR count). The number of nitrogens with one attached hydrogen (secondary N) is 1. The molecule has 0 aliphatic heterocycles. The minimum Gasteiger partial charge on any atom is -0.307 e. The van der Waals surface area contributed by atoms with Gasteiger partial charge in [0.15, 0.2) is 0 Å². The van der Waals surface area contributed by atoms with E-state index in [1.807, 2.05) is 12.1 Å². The molecule has 0 spiro atoms. The number of hydrogen-bond acceptors (Lipinski definition) is 3. The normalized spacial score (nSPS) is 10.6. The Labute approximate surface area is 117 Å². The van der Waals surface area contributed by atoms with Crippen molar-refractivity contribution < 1.29 is 0 Å². The largest absolute Gasteiger partial charge is 0.307 e. The summed E-state index contributed by atoms with van der Waals surface area (Å²) in [6, 6.07) is 9.72. The van der Waals surface area contributed by atoms with Crippen LogP contribution in [-0.4, -0.2) is 15.7 Å². The van der Waals surface area contributed by atoms with E-state index in [-0.39, 0.29) is 5.56 Å². The third kappa shape index (κ3) is 3.70. The van der Waals surface area contributed by atoms with E-state index in [1.54, 1.807) is 17.8 Å². The average Bonchev–Trinajstić information content (AvgIpc) is 2.40. The van der Waals surface area contributed by atoms with Crippen LogP contribution in [0.3, 0.4) is 0 Å². The topological polar surface area (TPSA) is 45.8 Å². The van der Waals surface area contributed by atoms with Gasteiger partial charge >= 0.3 is 0 Å². The summed E-state index contributed by atoms with van der Waals surface area (Å²) < 4.78 is 0. The molecule has 2 aromatic rings. The van der Waals surface area contributed by atoms with Gasteiger partial charge in [-0.1, -0.05) is 32.4 Å². The number of aromatic amines is 1. The lowest BCUT2D eigenvalue weighted by Crippen LogP contribution is -2.10. The predicted octanol–water partition coefficient (Wildman–Crippen LogP) is 3.50. The van der Waals surface area contributed by atoms with Gasteiger partial charge in [0.1, 0.15) is 5.82 Å². The predicted molar refractivity (Wildman–Crippen MR) is 80.7 cm³/mol. The van der Waals surface area contributed by atoms with Crippen LogP contribution >= 0.6 is 11.8 Å². The van der Waals surface area contributed by atoms with Crippen molar-refractivity contribution in [2.45, 2.75) is 31.6 Å². The Balaban J connectivity index is 2.32. The summed E-state index contributed by atoms with van der Waals surface area (Å²) in [7, 11) is 0. The minimum absolute atomic E-state index is 0.0829. The molecule has 0 saturated heterocycles. The zero-order valence-electron chi connectivity index (χ0n) is 11.3. The third-order valence-corrected chi connectivity index (χ3v) is 3.63. The summed E-state index contributed by atoms with van der Waals surface area (Å²) >= 11 is 1.80. The Morgan fingerprint density at radius 2 is 1.95 bits per heavy atom. The Morgan fingerprint density at radius 1 is 1.21 bits per heavy atom. The quantitative estimate of drug-likeness (QED) is 0.849. The van der Waals surface area contributed by atoms with Crippen LogP contribution in [-0.2, 0) is 6.42 Å². The second-order valence-electron chi connectivity index (χ2n) is 4.29. The molecule has 0 saturated carbocycles. The van der Waals surface area contributed by atoms with E-state index < -0.39 is 0 Å². The van der Waals surface area contributed by atoms with Crippen molar-refractivity contribution in [3.8, 4) is 11.4 Å². The minimum atomic E-state index is -0.0829. The van der Waals surface area contributed by atoms with Gasteiger partial charge in [-0.3, -0.25) is 4.79 Å². The van der Waals surface area contributed by atoms with Crippen molar-refractivity contribution in [3.05, 3.63) is 46.4 Å². The summed E-state index contributed by atoms with van der Waals surface area (Å²) in [5.41, 5.74) is 1.73. The summed E-state index contributed by atoms with van der Waals surface area (Å²) in [5, 5.41) is 0. The van der Waals surface area contributed by atoms with Crippen LogP contribution in [0.4, 0.5) is 0 Å². The second-order valence-corrected chi connectivity index (χ2v) is 5.63. The highest BCUT2D eigenvalue weighted by Gasteiger charge is 2.04. The van der Waals surface area contributed by atoms with Crippen molar-refractivity contribution in [3.63, 3.8) is 0 Å². The molecule has 1 N–H and O–H groups in total. The average molecular weight is 274 g/mol. The van der Waals surface area contributed by atoms with E-state index >= 15 is 0 Å². The van der Waals surface area contributed by atoms with Crippen LogP contribution in [0.2, 0.25) is 0 Å². The first-order valence-corrected chi connectivity index (χ1v) is 7.55. The maximum absolute atomic E-state index is 11.6. The van der Waals surface area contributed by atoms with Crippen LogP contribution in [0.25, 0.3) is 11.4 Å². The van der Waals surface area contributed by atoms with Gasteiger partial charge in [0.2, 0.25) is 0 Å².